The van der Waals surface area contributed by atoms with Crippen LogP contribution in [0.1, 0.15) is 92.2 Å². The molecule has 0 bridgehead atoms. The molecule has 8 heterocycles. The van der Waals surface area contributed by atoms with Gasteiger partial charge in [0.2, 0.25) is 0 Å². The molecule has 14 aromatic rings. The Morgan fingerprint density at radius 1 is 0.347 bits per heavy atom. The third-order valence-electron chi connectivity index (χ3n) is 18.5. The standard InChI is InChI=1S/C50H37N3O4S5.C48H33N3O4S4/c1-3-4-29-58-39-19-15-38(16-20-39)53(36-11-5-33(6-12-36)9-17-40-21-25-45(59-40)47-27-23-42(61-47)30-35(32-51)49(54)55)37-13-7-34(8-14-37)10-18-41-22-26-46(60-41)48-28-24-43(62-48)31-44(52-2)50(56)57;1-30-4-11-37(26-31(30)2)51(35-12-5-32(6-13-35)9-16-38-18-22-43(56-38)45-24-20-40(58-45)27-34(29-49)47(52)53)36-14-7-33(8-15-36)10-17-39-19-23-44(57-39)46-25-21-41(59-46)28-42(50-3)48(54)55/h5-28,30-31H,3-4,29H2,1H3,(H,54,55)(H,56,57);4-28H,1-2H3,(H,52,53)(H,54,55)/b17-9+,18-10+,35-30+,44-31-;16-9+,17-10+,34-27+,42-28-. The van der Waals surface area contributed by atoms with Crippen LogP contribution in [0.2, 0.25) is 0 Å². The lowest BCUT2D eigenvalue weighted by Gasteiger charge is -2.26. The molecule has 14 nitrogen and oxygen atoms in total. The molecule has 594 valence electrons. The molecule has 8 aromatic heterocycles. The van der Waals surface area contributed by atoms with Crippen molar-refractivity contribution in [3.05, 3.63) is 354 Å². The number of thiophene rings is 8. The first-order valence-corrected chi connectivity index (χ1v) is 45.0. The number of anilines is 6. The summed E-state index contributed by atoms with van der Waals surface area (Å²) in [5.74, 6) is -3.82. The second-order valence-electron chi connectivity index (χ2n) is 26.8. The van der Waals surface area contributed by atoms with Gasteiger partial charge in [0.15, 0.2) is 0 Å². The first-order chi connectivity index (χ1) is 58.7. The molecule has 0 saturated carbocycles. The molecule has 23 heteroatoms. The SMILES string of the molecule is [C-]#[N+]/C(=C\c1ccc(-c2ccc(/C=C/c3ccc(N(c4ccc(/C=C/c5ccc(-c6ccc(/C=C(\C#N)C(=O)O)s6)s5)cc4)c4ccc(C)c(C)c4)cc3)s2)s1)C(=O)O.[C-]#[N+]/C(=C\c1ccc(-c2ccc(/C=C/c3ccc(N(c4ccc(/C=C/c5ccc(-c6ccc(/C=C(\C#N)C(=O)O)s6)s5)cc4)c4ccc(SCCCC)cc4)cc3)s2)s1)C(=O)O. The fourth-order valence-electron chi connectivity index (χ4n) is 12.1. The summed E-state index contributed by atoms with van der Waals surface area (Å²) in [6, 6.07) is 84.4. The maximum Gasteiger partial charge on any atom is 0.346 e. The van der Waals surface area contributed by atoms with Gasteiger partial charge < -0.3 is 30.2 Å². The van der Waals surface area contributed by atoms with E-state index in [9.17, 15) is 39.6 Å². The Hall–Kier alpha value is -13.4. The highest BCUT2D eigenvalue weighted by Crippen LogP contribution is 2.43. The predicted octanol–water partition coefficient (Wildman–Crippen LogP) is 29.3. The van der Waals surface area contributed by atoms with Gasteiger partial charge in [0.25, 0.3) is 11.4 Å². The predicted molar refractivity (Wildman–Crippen MR) is 510 cm³/mol. The molecule has 0 atom stereocenters. The number of hydrogen-bond donors (Lipinski definition) is 4. The first-order valence-electron chi connectivity index (χ1n) is 37.4. The zero-order valence-electron chi connectivity index (χ0n) is 64.8. The van der Waals surface area contributed by atoms with E-state index < -0.39 is 23.9 Å². The van der Waals surface area contributed by atoms with Gasteiger partial charge in [-0.1, -0.05) is 92.2 Å². The number of unbranched alkanes of at least 4 members (excludes halogenated alkanes) is 1. The minimum Gasteiger partial charge on any atom is -0.486 e. The lowest BCUT2D eigenvalue weighted by Crippen LogP contribution is -2.10. The highest BCUT2D eigenvalue weighted by atomic mass is 32.2. The molecule has 14 rings (SSSR count). The Bertz CT molecular complexity index is 6230. The Labute approximate surface area is 736 Å². The van der Waals surface area contributed by atoms with Crippen LogP contribution >= 0.6 is 102 Å². The van der Waals surface area contributed by atoms with Crippen LogP contribution in [0.5, 0.6) is 0 Å². The van der Waals surface area contributed by atoms with E-state index in [-0.39, 0.29) is 22.5 Å². The van der Waals surface area contributed by atoms with Gasteiger partial charge in [-0.05, 0) is 290 Å². The van der Waals surface area contributed by atoms with Gasteiger partial charge in [-0.2, -0.15) is 10.5 Å². The van der Waals surface area contributed by atoms with E-state index in [2.05, 4.69) is 277 Å². The summed E-state index contributed by atoms with van der Waals surface area (Å²) in [5, 5.41) is 55.0. The number of rotatable bonds is 30. The highest BCUT2D eigenvalue weighted by molar-refractivity contribution is 7.99. The van der Waals surface area contributed by atoms with Gasteiger partial charge in [0.05, 0.1) is 13.1 Å². The Morgan fingerprint density at radius 2 is 0.612 bits per heavy atom. The van der Waals surface area contributed by atoms with Gasteiger partial charge in [-0.25, -0.2) is 19.3 Å². The largest absolute Gasteiger partial charge is 0.486 e. The topological polar surface area (TPSA) is 212 Å². The molecule has 0 amide bonds. The number of carboxylic acid groups (broad SMARTS) is 4. The van der Waals surface area contributed by atoms with Crippen molar-refractivity contribution in [2.75, 3.05) is 15.6 Å². The van der Waals surface area contributed by atoms with Gasteiger partial charge in [0.1, 0.15) is 23.3 Å². The zero-order valence-corrected chi connectivity index (χ0v) is 72.2. The first kappa shape index (κ1) is 85.5. The second kappa shape index (κ2) is 40.9. The number of aliphatic carboxylic acids is 4. The smallest absolute Gasteiger partial charge is 0.346 e. The number of aryl methyl sites for hydroxylation is 2. The number of hydrogen-bond acceptors (Lipinski definition) is 17. The summed E-state index contributed by atoms with van der Waals surface area (Å²) in [6.07, 6.45) is 24.7. The van der Waals surface area contributed by atoms with Crippen molar-refractivity contribution in [2.24, 2.45) is 0 Å². The molecule has 121 heavy (non-hydrogen) atoms. The summed E-state index contributed by atoms with van der Waals surface area (Å²) < 4.78 is 0. The molecule has 0 aliphatic heterocycles. The van der Waals surface area contributed by atoms with E-state index in [1.165, 1.54) is 98.5 Å². The van der Waals surface area contributed by atoms with Crippen molar-refractivity contribution in [1.82, 2.24) is 0 Å². The molecule has 0 aliphatic rings. The number of benzene rings is 6. The van der Waals surface area contributed by atoms with E-state index in [1.807, 2.05) is 60.3 Å². The number of nitriles is 2. The third kappa shape index (κ3) is 22.7. The maximum absolute atomic E-state index is 11.3. The van der Waals surface area contributed by atoms with Crippen molar-refractivity contribution < 1.29 is 39.6 Å². The average Bonchev–Trinajstić information content (AvgIpc) is 1.76. The second-order valence-corrected chi connectivity index (χ2v) is 36.9. The van der Waals surface area contributed by atoms with Crippen LogP contribution in [-0.2, 0) is 19.2 Å². The van der Waals surface area contributed by atoms with E-state index in [4.69, 9.17) is 23.7 Å². The number of nitrogens with zero attached hydrogens (tertiary/aromatic N) is 6. The van der Waals surface area contributed by atoms with Crippen LogP contribution in [0.25, 0.3) is 122 Å². The highest BCUT2D eigenvalue weighted by Gasteiger charge is 2.19. The summed E-state index contributed by atoms with van der Waals surface area (Å²) >= 11 is 14.3. The monoisotopic (exact) mass is 1750 g/mol. The van der Waals surface area contributed by atoms with E-state index in [1.54, 1.807) is 57.5 Å². The van der Waals surface area contributed by atoms with Crippen LogP contribution in [0.4, 0.5) is 34.1 Å². The maximum atomic E-state index is 11.3. The van der Waals surface area contributed by atoms with Crippen molar-refractivity contribution in [3.8, 4) is 51.2 Å². The van der Waals surface area contributed by atoms with E-state index >= 15 is 0 Å². The summed E-state index contributed by atoms with van der Waals surface area (Å²) in [7, 11) is 0. The quantitative estimate of drug-likeness (QED) is 0.0109. The van der Waals surface area contributed by atoms with Crippen LogP contribution in [0, 0.1) is 49.7 Å². The number of thioether (sulfide) groups is 1. The molecule has 6 aromatic carbocycles. The van der Waals surface area contributed by atoms with Gasteiger partial charge in [-0.15, -0.1) is 102 Å². The molecule has 0 radical (unpaired) electrons. The Morgan fingerprint density at radius 3 is 0.876 bits per heavy atom. The zero-order chi connectivity index (χ0) is 84.9. The Kier molecular flexibility index (Phi) is 28.9. The minimum absolute atomic E-state index is 0.286. The van der Waals surface area contributed by atoms with Crippen molar-refractivity contribution in [1.29, 1.82) is 10.5 Å². The molecule has 0 saturated heterocycles. The van der Waals surface area contributed by atoms with Crippen molar-refractivity contribution in [3.63, 3.8) is 0 Å². The van der Waals surface area contributed by atoms with Crippen LogP contribution in [-0.4, -0.2) is 50.1 Å². The lowest BCUT2D eigenvalue weighted by molar-refractivity contribution is -0.133. The molecule has 0 aliphatic carbocycles. The summed E-state index contributed by atoms with van der Waals surface area (Å²) in [6.45, 7) is 20.7. The van der Waals surface area contributed by atoms with E-state index in [0.717, 1.165) is 140 Å². The van der Waals surface area contributed by atoms with Crippen LogP contribution in [0.3, 0.4) is 0 Å². The molecule has 0 fully saturated rings. The normalized spacial score (nSPS) is 11.9. The third-order valence-corrected chi connectivity index (χ3v) is 28.7. The fourth-order valence-corrected chi connectivity index (χ4v) is 20.9. The van der Waals surface area contributed by atoms with Gasteiger partial charge in [-0.3, -0.25) is 9.59 Å². The number of carboxylic acids is 4. The minimum atomic E-state index is -1.23. The van der Waals surface area contributed by atoms with Crippen molar-refractivity contribution >= 4 is 233 Å². The van der Waals surface area contributed by atoms with Gasteiger partial charge >= 0.3 is 23.9 Å². The van der Waals surface area contributed by atoms with Crippen LogP contribution < -0.4 is 9.80 Å². The van der Waals surface area contributed by atoms with E-state index in [0.29, 0.717) is 0 Å². The van der Waals surface area contributed by atoms with Crippen LogP contribution in [0.15, 0.2) is 264 Å². The average molecular weight is 1750 g/mol. The summed E-state index contributed by atoms with van der Waals surface area (Å²) in [4.78, 5) is 72.6. The molecule has 0 spiro atoms. The fraction of sp³-hybridized carbons (Fsp3) is 0.0612. The Balaban J connectivity index is 0.000000209. The molecule has 0 unspecified atom stereocenters. The molecule has 4 N–H and O–H groups in total. The van der Waals surface area contributed by atoms with Crippen molar-refractivity contribution in [2.45, 2.75) is 38.5 Å². The lowest BCUT2D eigenvalue weighted by atomic mass is 10.1. The number of carbonyl (C=O) groups is 4. The summed E-state index contributed by atoms with van der Waals surface area (Å²) in [5.41, 5.74) is 11.8. The molecular formula is C98H70N6O8S9. The van der Waals surface area contributed by atoms with Gasteiger partial charge in [0, 0.05) is 117 Å². The molecular weight excluding hydrogens is 1680 g/mol.